The summed E-state index contributed by atoms with van der Waals surface area (Å²) in [6.45, 7) is 2.07. The number of rotatable bonds is 3. The van der Waals surface area contributed by atoms with E-state index in [9.17, 15) is 4.39 Å². The van der Waals surface area contributed by atoms with Gasteiger partial charge in [-0.1, -0.05) is 36.4 Å². The minimum atomic E-state index is -0.198. The fraction of sp³-hybridized carbons (Fsp3) is 0.200. The lowest BCUT2D eigenvalue weighted by Crippen LogP contribution is -2.18. The van der Waals surface area contributed by atoms with Crippen molar-refractivity contribution in [2.75, 3.05) is 7.05 Å². The van der Waals surface area contributed by atoms with E-state index < -0.39 is 0 Å². The van der Waals surface area contributed by atoms with Crippen LogP contribution in [-0.2, 0) is 0 Å². The van der Waals surface area contributed by atoms with Crippen LogP contribution in [0.15, 0.2) is 48.5 Å². The Labute approximate surface area is 101 Å². The maximum atomic E-state index is 13.3. The van der Waals surface area contributed by atoms with Gasteiger partial charge < -0.3 is 5.32 Å². The molecule has 0 bridgehead atoms. The topological polar surface area (TPSA) is 12.0 Å². The second kappa shape index (κ2) is 5.11. The molecule has 0 aliphatic heterocycles. The van der Waals surface area contributed by atoms with Gasteiger partial charge in [0.25, 0.3) is 0 Å². The van der Waals surface area contributed by atoms with Crippen molar-refractivity contribution in [3.05, 3.63) is 71.0 Å². The number of aryl methyl sites for hydroxylation is 1. The highest BCUT2D eigenvalue weighted by molar-refractivity contribution is 5.36. The molecule has 0 radical (unpaired) electrons. The molecule has 0 saturated heterocycles. The van der Waals surface area contributed by atoms with Crippen molar-refractivity contribution in [2.24, 2.45) is 0 Å². The number of hydrogen-bond acceptors (Lipinski definition) is 1. The van der Waals surface area contributed by atoms with E-state index in [0.29, 0.717) is 0 Å². The molecule has 0 aliphatic rings. The molecular formula is C15H16FN. The van der Waals surface area contributed by atoms with Crippen LogP contribution in [0.5, 0.6) is 0 Å². The third-order valence-corrected chi connectivity index (χ3v) is 2.97. The monoisotopic (exact) mass is 229 g/mol. The fourth-order valence-corrected chi connectivity index (χ4v) is 2.10. The highest BCUT2D eigenvalue weighted by atomic mass is 19.1. The van der Waals surface area contributed by atoms with E-state index in [1.54, 1.807) is 12.1 Å². The smallest absolute Gasteiger partial charge is 0.123 e. The van der Waals surface area contributed by atoms with Gasteiger partial charge in [-0.05, 0) is 42.8 Å². The Morgan fingerprint density at radius 3 is 2.47 bits per heavy atom. The second-order valence-electron chi connectivity index (χ2n) is 4.13. The predicted octanol–water partition coefficient (Wildman–Crippen LogP) is 3.44. The normalized spacial score (nSPS) is 12.4. The highest BCUT2D eigenvalue weighted by Crippen LogP contribution is 2.24. The zero-order valence-electron chi connectivity index (χ0n) is 10.1. The second-order valence-corrected chi connectivity index (χ2v) is 4.13. The minimum absolute atomic E-state index is 0.0342. The van der Waals surface area contributed by atoms with Crippen molar-refractivity contribution < 1.29 is 4.39 Å². The molecule has 0 aromatic heterocycles. The maximum absolute atomic E-state index is 13.3. The molecule has 1 nitrogen and oxygen atoms in total. The molecule has 0 fully saturated rings. The van der Waals surface area contributed by atoms with E-state index in [1.807, 2.05) is 25.2 Å². The SMILES string of the molecule is CNC(c1cccc(F)c1)c1ccccc1C. The van der Waals surface area contributed by atoms with E-state index in [4.69, 9.17) is 0 Å². The van der Waals surface area contributed by atoms with Crippen LogP contribution in [0.1, 0.15) is 22.7 Å². The predicted molar refractivity (Wildman–Crippen MR) is 68.5 cm³/mol. The van der Waals surface area contributed by atoms with Crippen LogP contribution in [0.4, 0.5) is 4.39 Å². The molecule has 0 heterocycles. The molecule has 1 unspecified atom stereocenters. The quantitative estimate of drug-likeness (QED) is 0.850. The van der Waals surface area contributed by atoms with Crippen LogP contribution in [0.25, 0.3) is 0 Å². The van der Waals surface area contributed by atoms with Crippen LogP contribution in [0.2, 0.25) is 0 Å². The highest BCUT2D eigenvalue weighted by Gasteiger charge is 2.13. The molecule has 2 rings (SSSR count). The molecular weight excluding hydrogens is 213 g/mol. The first-order valence-corrected chi connectivity index (χ1v) is 5.70. The van der Waals surface area contributed by atoms with Crippen LogP contribution >= 0.6 is 0 Å². The van der Waals surface area contributed by atoms with Crippen LogP contribution in [0, 0.1) is 12.7 Å². The molecule has 2 aromatic carbocycles. The van der Waals surface area contributed by atoms with Gasteiger partial charge in [-0.2, -0.15) is 0 Å². The van der Waals surface area contributed by atoms with Gasteiger partial charge in [0.2, 0.25) is 0 Å². The van der Waals surface area contributed by atoms with E-state index >= 15 is 0 Å². The number of nitrogens with one attached hydrogen (secondary N) is 1. The van der Waals surface area contributed by atoms with Crippen LogP contribution < -0.4 is 5.32 Å². The Morgan fingerprint density at radius 1 is 1.06 bits per heavy atom. The van der Waals surface area contributed by atoms with Crippen molar-refractivity contribution in [1.82, 2.24) is 5.32 Å². The first-order valence-electron chi connectivity index (χ1n) is 5.70. The lowest BCUT2D eigenvalue weighted by Gasteiger charge is -2.19. The maximum Gasteiger partial charge on any atom is 0.123 e. The van der Waals surface area contributed by atoms with Gasteiger partial charge in [0.15, 0.2) is 0 Å². The first-order chi connectivity index (χ1) is 8.22. The summed E-state index contributed by atoms with van der Waals surface area (Å²) >= 11 is 0. The third-order valence-electron chi connectivity index (χ3n) is 2.97. The summed E-state index contributed by atoms with van der Waals surface area (Å²) in [4.78, 5) is 0. The van der Waals surface area contributed by atoms with Gasteiger partial charge >= 0.3 is 0 Å². The molecule has 2 heteroatoms. The third kappa shape index (κ3) is 2.53. The Bertz CT molecular complexity index is 508. The minimum Gasteiger partial charge on any atom is -0.309 e. The first kappa shape index (κ1) is 11.8. The largest absolute Gasteiger partial charge is 0.309 e. The Balaban J connectivity index is 2.44. The van der Waals surface area contributed by atoms with Crippen molar-refractivity contribution >= 4 is 0 Å². The number of benzene rings is 2. The molecule has 0 spiro atoms. The summed E-state index contributed by atoms with van der Waals surface area (Å²) in [5, 5.41) is 3.24. The zero-order chi connectivity index (χ0) is 12.3. The van der Waals surface area contributed by atoms with Gasteiger partial charge in [0.05, 0.1) is 6.04 Å². The van der Waals surface area contributed by atoms with Crippen LogP contribution in [-0.4, -0.2) is 7.05 Å². The lowest BCUT2D eigenvalue weighted by atomic mass is 9.95. The molecule has 17 heavy (non-hydrogen) atoms. The number of halogens is 1. The van der Waals surface area contributed by atoms with Gasteiger partial charge in [0.1, 0.15) is 5.82 Å². The molecule has 0 saturated carbocycles. The van der Waals surface area contributed by atoms with Gasteiger partial charge in [-0.25, -0.2) is 4.39 Å². The molecule has 1 atom stereocenters. The van der Waals surface area contributed by atoms with Crippen LogP contribution in [0.3, 0.4) is 0 Å². The Hall–Kier alpha value is -1.67. The Kier molecular flexibility index (Phi) is 3.55. The average Bonchev–Trinajstić information content (AvgIpc) is 2.33. The van der Waals surface area contributed by atoms with Crippen molar-refractivity contribution in [1.29, 1.82) is 0 Å². The summed E-state index contributed by atoms with van der Waals surface area (Å²) in [7, 11) is 1.89. The van der Waals surface area contributed by atoms with Crippen molar-refractivity contribution in [2.45, 2.75) is 13.0 Å². The fourth-order valence-electron chi connectivity index (χ4n) is 2.10. The zero-order valence-corrected chi connectivity index (χ0v) is 10.1. The van der Waals surface area contributed by atoms with Crippen molar-refractivity contribution in [3.8, 4) is 0 Å². The van der Waals surface area contributed by atoms with Crippen molar-refractivity contribution in [3.63, 3.8) is 0 Å². The average molecular weight is 229 g/mol. The van der Waals surface area contributed by atoms with Gasteiger partial charge in [0, 0.05) is 0 Å². The summed E-state index contributed by atoms with van der Waals surface area (Å²) in [6.07, 6.45) is 0. The van der Waals surface area contributed by atoms with E-state index in [2.05, 4.69) is 24.4 Å². The molecule has 0 aliphatic carbocycles. The van der Waals surface area contributed by atoms with E-state index in [0.717, 1.165) is 5.56 Å². The summed E-state index contributed by atoms with van der Waals surface area (Å²) < 4.78 is 13.3. The lowest BCUT2D eigenvalue weighted by molar-refractivity contribution is 0.616. The summed E-state index contributed by atoms with van der Waals surface area (Å²) in [5.41, 5.74) is 3.33. The molecule has 0 amide bonds. The van der Waals surface area contributed by atoms with E-state index in [1.165, 1.54) is 17.2 Å². The number of hydrogen-bond donors (Lipinski definition) is 1. The molecule has 88 valence electrons. The molecule has 1 N–H and O–H groups in total. The standard InChI is InChI=1S/C15H16FN/c1-11-6-3-4-9-14(11)15(17-2)12-7-5-8-13(16)10-12/h3-10,15,17H,1-2H3. The molecule has 2 aromatic rings. The summed E-state index contributed by atoms with van der Waals surface area (Å²) in [6, 6.07) is 14.9. The van der Waals surface area contributed by atoms with Gasteiger partial charge in [-0.3, -0.25) is 0 Å². The van der Waals surface area contributed by atoms with E-state index in [-0.39, 0.29) is 11.9 Å². The summed E-state index contributed by atoms with van der Waals surface area (Å²) in [5.74, 6) is -0.198. The Morgan fingerprint density at radius 2 is 1.82 bits per heavy atom. The van der Waals surface area contributed by atoms with Gasteiger partial charge in [-0.15, -0.1) is 0 Å².